The maximum atomic E-state index is 11.9. The van der Waals surface area contributed by atoms with Gasteiger partial charge in [0, 0.05) is 0 Å². The van der Waals surface area contributed by atoms with Gasteiger partial charge in [0.1, 0.15) is 23.2 Å². The number of benzene rings is 1. The molecule has 1 aromatic heterocycles. The minimum Gasteiger partial charge on any atom is -0.368 e. The van der Waals surface area contributed by atoms with Crippen molar-refractivity contribution in [2.45, 2.75) is 45.6 Å². The van der Waals surface area contributed by atoms with Crippen molar-refractivity contribution < 1.29 is 4.79 Å². The van der Waals surface area contributed by atoms with E-state index >= 15 is 0 Å². The Morgan fingerprint density at radius 3 is 2.38 bits per heavy atom. The Hall–Kier alpha value is -2.14. The number of hydrogen-bond donors (Lipinski definition) is 2. The van der Waals surface area contributed by atoms with Gasteiger partial charge in [0.15, 0.2) is 0 Å². The number of aryl methyl sites for hydroxylation is 1. The second kappa shape index (κ2) is 7.18. The molecule has 1 atom stereocenters. The molecule has 0 bridgehead atoms. The molecule has 0 aliphatic heterocycles. The minimum absolute atomic E-state index is 0.0418. The molecule has 0 saturated carbocycles. The lowest BCUT2D eigenvalue weighted by Crippen LogP contribution is -2.28. The maximum Gasteiger partial charge on any atom is 0.244 e. The molecular formula is C18H23ClN4O. The molecule has 0 fully saturated rings. The summed E-state index contributed by atoms with van der Waals surface area (Å²) in [4.78, 5) is 20.2. The summed E-state index contributed by atoms with van der Waals surface area (Å²) in [6.45, 7) is 8.37. The summed E-state index contributed by atoms with van der Waals surface area (Å²) in [5.41, 5.74) is 8.29. The Kier molecular flexibility index (Phi) is 5.44. The Morgan fingerprint density at radius 2 is 1.88 bits per heavy atom. The SMILES string of the molecule is CCc1ncnc(NC(C(N)=O)c2ccc(C(C)(C)C)cc2)c1Cl. The van der Waals surface area contributed by atoms with E-state index in [2.05, 4.69) is 36.1 Å². The maximum absolute atomic E-state index is 11.9. The third-order valence-corrected chi connectivity index (χ3v) is 4.27. The van der Waals surface area contributed by atoms with Crippen LogP contribution in [0, 0.1) is 0 Å². The van der Waals surface area contributed by atoms with Crippen molar-refractivity contribution in [3.05, 3.63) is 52.4 Å². The first-order valence-electron chi connectivity index (χ1n) is 7.89. The Balaban J connectivity index is 2.32. The predicted octanol–water partition coefficient (Wildman–Crippen LogP) is 3.63. The van der Waals surface area contributed by atoms with Crippen LogP contribution in [0.4, 0.5) is 5.82 Å². The van der Waals surface area contributed by atoms with E-state index in [1.54, 1.807) is 0 Å². The summed E-state index contributed by atoms with van der Waals surface area (Å²) in [5.74, 6) is -0.0848. The lowest BCUT2D eigenvalue weighted by molar-refractivity contribution is -0.118. The molecule has 1 heterocycles. The molecule has 2 rings (SSSR count). The van der Waals surface area contributed by atoms with E-state index in [0.717, 1.165) is 11.3 Å². The summed E-state index contributed by atoms with van der Waals surface area (Å²) in [6, 6.07) is 7.10. The number of aromatic nitrogens is 2. The summed E-state index contributed by atoms with van der Waals surface area (Å²) >= 11 is 6.29. The molecule has 3 N–H and O–H groups in total. The minimum atomic E-state index is -0.712. The number of primary amides is 1. The van der Waals surface area contributed by atoms with Crippen LogP contribution in [0.2, 0.25) is 5.02 Å². The van der Waals surface area contributed by atoms with Crippen molar-refractivity contribution >= 4 is 23.3 Å². The van der Waals surface area contributed by atoms with E-state index in [1.807, 2.05) is 31.2 Å². The molecule has 1 amide bonds. The number of halogens is 1. The molecule has 1 unspecified atom stereocenters. The zero-order chi connectivity index (χ0) is 17.9. The van der Waals surface area contributed by atoms with Crippen LogP contribution in [0.5, 0.6) is 0 Å². The van der Waals surface area contributed by atoms with Crippen molar-refractivity contribution in [3.63, 3.8) is 0 Å². The number of hydrogen-bond acceptors (Lipinski definition) is 4. The van der Waals surface area contributed by atoms with Crippen LogP contribution >= 0.6 is 11.6 Å². The fraction of sp³-hybridized carbons (Fsp3) is 0.389. The first kappa shape index (κ1) is 18.2. The first-order valence-corrected chi connectivity index (χ1v) is 8.27. The number of nitrogens with one attached hydrogen (secondary N) is 1. The highest BCUT2D eigenvalue weighted by Gasteiger charge is 2.21. The molecule has 2 aromatic rings. The van der Waals surface area contributed by atoms with Crippen LogP contribution in [0.3, 0.4) is 0 Å². The Morgan fingerprint density at radius 1 is 1.25 bits per heavy atom. The number of amides is 1. The standard InChI is InChI=1S/C18H23ClN4O/c1-5-13-14(19)17(22-10-21-13)23-15(16(20)24)11-6-8-12(9-7-11)18(2,3)4/h6-10,15H,5H2,1-4H3,(H2,20,24)(H,21,22,23). The average Bonchev–Trinajstić information content (AvgIpc) is 2.53. The van der Waals surface area contributed by atoms with Crippen molar-refractivity contribution in [1.29, 1.82) is 0 Å². The second-order valence-electron chi connectivity index (χ2n) is 6.69. The molecule has 128 valence electrons. The number of nitrogens with two attached hydrogens (primary N) is 1. The summed E-state index contributed by atoms with van der Waals surface area (Å²) in [6.07, 6.45) is 2.10. The molecule has 5 nitrogen and oxygen atoms in total. The quantitative estimate of drug-likeness (QED) is 0.866. The molecular weight excluding hydrogens is 324 g/mol. The summed E-state index contributed by atoms with van der Waals surface area (Å²) < 4.78 is 0. The normalized spacial score (nSPS) is 12.7. The van der Waals surface area contributed by atoms with Gasteiger partial charge in [-0.3, -0.25) is 4.79 Å². The monoisotopic (exact) mass is 346 g/mol. The number of nitrogens with zero attached hydrogens (tertiary/aromatic N) is 2. The van der Waals surface area contributed by atoms with Gasteiger partial charge in [-0.1, -0.05) is 63.6 Å². The van der Waals surface area contributed by atoms with Gasteiger partial charge in [-0.25, -0.2) is 9.97 Å². The van der Waals surface area contributed by atoms with Crippen molar-refractivity contribution in [2.75, 3.05) is 5.32 Å². The highest BCUT2D eigenvalue weighted by Crippen LogP contribution is 2.28. The van der Waals surface area contributed by atoms with Gasteiger partial charge >= 0.3 is 0 Å². The fourth-order valence-corrected chi connectivity index (χ4v) is 2.67. The zero-order valence-corrected chi connectivity index (χ0v) is 15.2. The highest BCUT2D eigenvalue weighted by molar-refractivity contribution is 6.33. The topological polar surface area (TPSA) is 80.9 Å². The summed E-state index contributed by atoms with van der Waals surface area (Å²) in [5, 5.41) is 3.45. The van der Waals surface area contributed by atoms with Crippen molar-refractivity contribution in [3.8, 4) is 0 Å². The van der Waals surface area contributed by atoms with E-state index in [4.69, 9.17) is 17.3 Å². The zero-order valence-electron chi connectivity index (χ0n) is 14.4. The molecule has 0 saturated heterocycles. The second-order valence-corrected chi connectivity index (χ2v) is 7.07. The van der Waals surface area contributed by atoms with Gasteiger partial charge in [-0.2, -0.15) is 0 Å². The third kappa shape index (κ3) is 4.03. The smallest absolute Gasteiger partial charge is 0.244 e. The molecule has 6 heteroatoms. The number of carbonyl (C=O) groups excluding carboxylic acids is 1. The van der Waals surface area contributed by atoms with E-state index in [1.165, 1.54) is 11.9 Å². The van der Waals surface area contributed by atoms with Gasteiger partial charge in [-0.05, 0) is 23.0 Å². The summed E-state index contributed by atoms with van der Waals surface area (Å²) in [7, 11) is 0. The predicted molar refractivity (Wildman–Crippen MR) is 97.1 cm³/mol. The van der Waals surface area contributed by atoms with E-state index < -0.39 is 11.9 Å². The number of anilines is 1. The van der Waals surface area contributed by atoms with E-state index in [0.29, 0.717) is 17.3 Å². The number of rotatable bonds is 5. The van der Waals surface area contributed by atoms with Gasteiger partial charge in [-0.15, -0.1) is 0 Å². The largest absolute Gasteiger partial charge is 0.368 e. The third-order valence-electron chi connectivity index (χ3n) is 3.87. The van der Waals surface area contributed by atoms with Gasteiger partial charge < -0.3 is 11.1 Å². The van der Waals surface area contributed by atoms with Gasteiger partial charge in [0.2, 0.25) is 5.91 Å². The van der Waals surface area contributed by atoms with Gasteiger partial charge in [0.05, 0.1) is 5.69 Å². The Labute approximate surface area is 147 Å². The Bertz CT molecular complexity index is 723. The highest BCUT2D eigenvalue weighted by atomic mass is 35.5. The molecule has 24 heavy (non-hydrogen) atoms. The molecule has 0 aliphatic carbocycles. The molecule has 1 aromatic carbocycles. The molecule has 0 aliphatic rings. The number of carbonyl (C=O) groups is 1. The van der Waals surface area contributed by atoms with Crippen molar-refractivity contribution in [2.24, 2.45) is 5.73 Å². The van der Waals surface area contributed by atoms with E-state index in [-0.39, 0.29) is 5.41 Å². The van der Waals surface area contributed by atoms with Crippen molar-refractivity contribution in [1.82, 2.24) is 9.97 Å². The lowest BCUT2D eigenvalue weighted by Gasteiger charge is -2.21. The van der Waals surface area contributed by atoms with Crippen LogP contribution in [0.1, 0.15) is 50.6 Å². The van der Waals surface area contributed by atoms with Crippen LogP contribution in [0.25, 0.3) is 0 Å². The fourth-order valence-electron chi connectivity index (χ4n) is 2.38. The van der Waals surface area contributed by atoms with Gasteiger partial charge in [0.25, 0.3) is 0 Å². The lowest BCUT2D eigenvalue weighted by atomic mass is 9.86. The van der Waals surface area contributed by atoms with Crippen LogP contribution < -0.4 is 11.1 Å². The van der Waals surface area contributed by atoms with E-state index in [9.17, 15) is 4.79 Å². The van der Waals surface area contributed by atoms with Crippen LogP contribution in [-0.4, -0.2) is 15.9 Å². The molecule has 0 spiro atoms. The molecule has 0 radical (unpaired) electrons. The van der Waals surface area contributed by atoms with Crippen LogP contribution in [-0.2, 0) is 16.6 Å². The first-order chi connectivity index (χ1) is 11.2. The van der Waals surface area contributed by atoms with Crippen LogP contribution in [0.15, 0.2) is 30.6 Å². The average molecular weight is 347 g/mol.